The van der Waals surface area contributed by atoms with Crippen molar-refractivity contribution in [2.24, 2.45) is 0 Å². The molecule has 0 radical (unpaired) electrons. The van der Waals surface area contributed by atoms with Crippen LogP contribution >= 0.6 is 11.3 Å². The minimum Gasteiger partial charge on any atom is -0.278 e. The zero-order chi connectivity index (χ0) is 29.9. The smallest absolute Gasteiger partial charge is 0.235 e. The van der Waals surface area contributed by atoms with Gasteiger partial charge in [-0.15, -0.1) is 11.3 Å². The van der Waals surface area contributed by atoms with Gasteiger partial charge in [0.25, 0.3) is 0 Å². The summed E-state index contributed by atoms with van der Waals surface area (Å²) in [6.45, 7) is 4.60. The number of para-hydroxylation sites is 1. The van der Waals surface area contributed by atoms with Gasteiger partial charge in [-0.3, -0.25) is 4.57 Å². The Kier molecular flexibility index (Phi) is 4.94. The molecule has 6 aromatic carbocycles. The second-order valence-electron chi connectivity index (χ2n) is 12.6. The number of fused-ring (bicyclic) bond motifs is 10. The maximum atomic E-state index is 5.52. The van der Waals surface area contributed by atoms with Crippen LogP contribution in [0.25, 0.3) is 81.1 Å². The van der Waals surface area contributed by atoms with Gasteiger partial charge in [0.05, 0.1) is 22.4 Å². The van der Waals surface area contributed by atoms with Crippen molar-refractivity contribution in [1.29, 1.82) is 0 Å². The Morgan fingerprint density at radius 1 is 0.578 bits per heavy atom. The molecule has 0 atom stereocenters. The summed E-state index contributed by atoms with van der Waals surface area (Å²) in [5.74, 6) is 0.711. The van der Waals surface area contributed by atoms with Gasteiger partial charge in [0, 0.05) is 47.5 Å². The monoisotopic (exact) mass is 593 g/mol. The Hall–Kier alpha value is -5.32. The molecule has 9 aromatic rings. The number of benzene rings is 6. The van der Waals surface area contributed by atoms with E-state index in [1.165, 1.54) is 52.8 Å². The van der Waals surface area contributed by atoms with E-state index in [9.17, 15) is 0 Å². The summed E-state index contributed by atoms with van der Waals surface area (Å²) in [6.07, 6.45) is 0. The minimum atomic E-state index is -0.272. The third kappa shape index (κ3) is 3.40. The van der Waals surface area contributed by atoms with E-state index in [-0.39, 0.29) is 5.41 Å². The van der Waals surface area contributed by atoms with E-state index < -0.39 is 0 Å². The molecule has 3 nitrogen and oxygen atoms in total. The number of hydrogen-bond acceptors (Lipinski definition) is 3. The third-order valence-electron chi connectivity index (χ3n) is 9.75. The van der Waals surface area contributed by atoms with Crippen molar-refractivity contribution >= 4 is 64.1 Å². The molecule has 0 saturated carbocycles. The lowest BCUT2D eigenvalue weighted by Gasteiger charge is -2.21. The first-order valence-corrected chi connectivity index (χ1v) is 16.2. The van der Waals surface area contributed by atoms with E-state index in [0.717, 1.165) is 33.5 Å². The molecule has 0 N–H and O–H groups in total. The molecule has 1 aliphatic carbocycles. The molecule has 0 unspecified atom stereocenters. The van der Waals surface area contributed by atoms with Gasteiger partial charge in [-0.25, -0.2) is 9.97 Å². The Bertz CT molecular complexity index is 2690. The van der Waals surface area contributed by atoms with Crippen molar-refractivity contribution in [1.82, 2.24) is 14.5 Å². The molecule has 0 aliphatic heterocycles. The topological polar surface area (TPSA) is 30.7 Å². The standard InChI is InChI=1S/C41H27N3S/c1-41(2)32-16-8-5-15-30(32)37-38(26-19-20-29-28-14-7-10-18-35(28)45-36(29)23-26)42-40(43-39(37)41)44-33-17-9-6-13-27(33)31-21-24-11-3-4-12-25(24)22-34(31)44/h3-23H,1-2H3. The average Bonchev–Trinajstić information content (AvgIpc) is 3.68. The zero-order valence-corrected chi connectivity index (χ0v) is 25.7. The summed E-state index contributed by atoms with van der Waals surface area (Å²) in [5, 5.41) is 7.46. The summed E-state index contributed by atoms with van der Waals surface area (Å²) in [6, 6.07) is 46.1. The van der Waals surface area contributed by atoms with E-state index in [1.54, 1.807) is 0 Å². The fraction of sp³-hybridized carbons (Fsp3) is 0.0732. The minimum absolute atomic E-state index is 0.272. The first kappa shape index (κ1) is 25.1. The van der Waals surface area contributed by atoms with Gasteiger partial charge in [-0.05, 0) is 52.2 Å². The third-order valence-corrected chi connectivity index (χ3v) is 10.9. The van der Waals surface area contributed by atoms with E-state index in [2.05, 4.69) is 146 Å². The molecule has 45 heavy (non-hydrogen) atoms. The molecular formula is C41H27N3S. The van der Waals surface area contributed by atoms with Crippen LogP contribution in [-0.4, -0.2) is 14.5 Å². The lowest BCUT2D eigenvalue weighted by atomic mass is 9.85. The average molecular weight is 594 g/mol. The van der Waals surface area contributed by atoms with E-state index in [4.69, 9.17) is 9.97 Å². The van der Waals surface area contributed by atoms with Crippen molar-refractivity contribution in [3.63, 3.8) is 0 Å². The summed E-state index contributed by atoms with van der Waals surface area (Å²) >= 11 is 1.85. The highest BCUT2D eigenvalue weighted by Crippen LogP contribution is 2.51. The van der Waals surface area contributed by atoms with Crippen molar-refractivity contribution in [2.75, 3.05) is 0 Å². The van der Waals surface area contributed by atoms with E-state index >= 15 is 0 Å². The Morgan fingerprint density at radius 2 is 1.29 bits per heavy atom. The molecule has 0 spiro atoms. The van der Waals surface area contributed by atoms with Crippen molar-refractivity contribution in [3.8, 4) is 28.3 Å². The first-order valence-electron chi connectivity index (χ1n) is 15.4. The lowest BCUT2D eigenvalue weighted by Crippen LogP contribution is -2.18. The molecule has 0 bridgehead atoms. The molecule has 0 amide bonds. The molecule has 3 aromatic heterocycles. The molecule has 10 rings (SSSR count). The maximum absolute atomic E-state index is 5.52. The van der Waals surface area contributed by atoms with Gasteiger partial charge < -0.3 is 0 Å². The second kappa shape index (κ2) is 8.87. The highest BCUT2D eigenvalue weighted by atomic mass is 32.1. The SMILES string of the molecule is CC1(C)c2ccccc2-c2c(-c3ccc4c(c3)sc3ccccc34)nc(-n3c4ccccc4c4cc5ccccc5cc43)nc21. The molecule has 3 heterocycles. The summed E-state index contributed by atoms with van der Waals surface area (Å²) in [4.78, 5) is 11.0. The number of thiophene rings is 1. The number of nitrogens with zero attached hydrogens (tertiary/aromatic N) is 3. The van der Waals surface area contributed by atoms with Crippen LogP contribution in [0.5, 0.6) is 0 Å². The highest BCUT2D eigenvalue weighted by Gasteiger charge is 2.40. The molecule has 212 valence electrons. The Balaban J connectivity index is 1.32. The van der Waals surface area contributed by atoms with Crippen LogP contribution in [-0.2, 0) is 5.41 Å². The fourth-order valence-electron chi connectivity index (χ4n) is 7.58. The largest absolute Gasteiger partial charge is 0.278 e. The second-order valence-corrected chi connectivity index (χ2v) is 13.7. The predicted octanol–water partition coefficient (Wildman–Crippen LogP) is 11.1. The van der Waals surface area contributed by atoms with Crippen molar-refractivity contribution in [3.05, 3.63) is 139 Å². The highest BCUT2D eigenvalue weighted by molar-refractivity contribution is 7.25. The van der Waals surface area contributed by atoms with Gasteiger partial charge in [-0.2, -0.15) is 0 Å². The van der Waals surface area contributed by atoms with Gasteiger partial charge in [0.1, 0.15) is 0 Å². The van der Waals surface area contributed by atoms with Crippen LogP contribution < -0.4 is 0 Å². The van der Waals surface area contributed by atoms with Gasteiger partial charge in [0.15, 0.2) is 0 Å². The van der Waals surface area contributed by atoms with Gasteiger partial charge in [-0.1, -0.05) is 111 Å². The molecule has 0 fully saturated rings. The molecule has 4 heteroatoms. The first-order chi connectivity index (χ1) is 22.1. The number of aromatic nitrogens is 3. The number of hydrogen-bond donors (Lipinski definition) is 0. The maximum Gasteiger partial charge on any atom is 0.235 e. The molecule has 0 saturated heterocycles. The van der Waals surface area contributed by atoms with Crippen LogP contribution in [0, 0.1) is 0 Å². The van der Waals surface area contributed by atoms with E-state index in [0.29, 0.717) is 5.95 Å². The quantitative estimate of drug-likeness (QED) is 0.200. The van der Waals surface area contributed by atoms with Crippen molar-refractivity contribution < 1.29 is 0 Å². The Morgan fingerprint density at radius 3 is 2.18 bits per heavy atom. The summed E-state index contributed by atoms with van der Waals surface area (Å²) in [7, 11) is 0. The van der Waals surface area contributed by atoms with Crippen LogP contribution in [0.3, 0.4) is 0 Å². The normalized spacial score (nSPS) is 13.7. The Labute approximate surface area is 264 Å². The van der Waals surface area contributed by atoms with E-state index in [1.807, 2.05) is 11.3 Å². The summed E-state index contributed by atoms with van der Waals surface area (Å²) < 4.78 is 4.86. The van der Waals surface area contributed by atoms with Crippen LogP contribution in [0.1, 0.15) is 25.1 Å². The van der Waals surface area contributed by atoms with Crippen LogP contribution in [0.15, 0.2) is 127 Å². The van der Waals surface area contributed by atoms with Gasteiger partial charge in [0.2, 0.25) is 5.95 Å². The van der Waals surface area contributed by atoms with Crippen LogP contribution in [0.4, 0.5) is 0 Å². The summed E-state index contributed by atoms with van der Waals surface area (Å²) in [5.41, 5.74) is 8.80. The molecule has 1 aliphatic rings. The fourth-order valence-corrected chi connectivity index (χ4v) is 8.73. The van der Waals surface area contributed by atoms with Gasteiger partial charge >= 0.3 is 0 Å². The zero-order valence-electron chi connectivity index (χ0n) is 24.9. The number of rotatable bonds is 2. The van der Waals surface area contributed by atoms with Crippen molar-refractivity contribution in [2.45, 2.75) is 19.3 Å². The molecular weight excluding hydrogens is 567 g/mol. The lowest BCUT2D eigenvalue weighted by molar-refractivity contribution is 0.632. The predicted molar refractivity (Wildman–Crippen MR) is 190 cm³/mol. The van der Waals surface area contributed by atoms with Crippen LogP contribution in [0.2, 0.25) is 0 Å².